The molecule has 0 spiro atoms. The number of aromatic hydroxyl groups is 2. The van der Waals surface area contributed by atoms with Crippen LogP contribution in [0.25, 0.3) is 0 Å². The summed E-state index contributed by atoms with van der Waals surface area (Å²) in [7, 11) is 3.52. The molecule has 4 rings (SSSR count). The highest BCUT2D eigenvalue weighted by Gasteiger charge is 2.27. The minimum atomic E-state index is -1.35. The summed E-state index contributed by atoms with van der Waals surface area (Å²) < 4.78 is 13.6. The lowest BCUT2D eigenvalue weighted by Crippen LogP contribution is -2.49. The molecular weight excluding hydrogens is 849 g/mol. The van der Waals surface area contributed by atoms with Crippen molar-refractivity contribution in [3.8, 4) is 11.5 Å². The lowest BCUT2D eigenvalue weighted by Gasteiger charge is -2.18. The summed E-state index contributed by atoms with van der Waals surface area (Å²) in [5, 5.41) is 44.0. The van der Waals surface area contributed by atoms with E-state index in [1.807, 2.05) is 12.1 Å². The number of aromatic nitrogens is 4. The Morgan fingerprint density at radius 1 is 0.585 bits per heavy atom. The van der Waals surface area contributed by atoms with E-state index in [1.165, 1.54) is 14.2 Å². The van der Waals surface area contributed by atoms with E-state index in [-0.39, 0.29) is 35.7 Å². The van der Waals surface area contributed by atoms with E-state index in [4.69, 9.17) is 0 Å². The molecule has 0 aliphatic carbocycles. The van der Waals surface area contributed by atoms with Crippen LogP contribution in [-0.4, -0.2) is 131 Å². The second-order valence-electron chi connectivity index (χ2n) is 14.2. The summed E-state index contributed by atoms with van der Waals surface area (Å²) >= 11 is 0. The fraction of sp³-hybridized carbons (Fsp3) is 0.395. The van der Waals surface area contributed by atoms with Crippen molar-refractivity contribution in [1.29, 1.82) is 0 Å². The second kappa shape index (κ2) is 26.0. The number of phenols is 2. The van der Waals surface area contributed by atoms with Gasteiger partial charge in [0.25, 0.3) is 11.8 Å². The van der Waals surface area contributed by atoms with Crippen LogP contribution in [-0.2, 0) is 36.6 Å². The zero-order valence-corrected chi connectivity index (χ0v) is 37.2. The number of esters is 1. The highest BCUT2D eigenvalue weighted by Crippen LogP contribution is 2.17. The van der Waals surface area contributed by atoms with Gasteiger partial charge in [0.05, 0.1) is 68.3 Å². The number of carboxylic acids is 1. The van der Waals surface area contributed by atoms with E-state index in [9.17, 15) is 44.1 Å². The molecule has 2 aromatic carbocycles. The van der Waals surface area contributed by atoms with Crippen LogP contribution in [0, 0.1) is 27.7 Å². The average molecular weight is 905 g/mol. The van der Waals surface area contributed by atoms with Gasteiger partial charge in [-0.25, -0.2) is 39.1 Å². The molecule has 0 saturated carbocycles. The molecule has 4 amide bonds. The van der Waals surface area contributed by atoms with Gasteiger partial charge in [-0.2, -0.15) is 0 Å². The minimum Gasteiger partial charge on any atom is -0.508 e. The van der Waals surface area contributed by atoms with Gasteiger partial charge in [-0.1, -0.05) is 24.3 Å². The van der Waals surface area contributed by atoms with E-state index in [0.717, 1.165) is 43.9 Å². The molecule has 0 radical (unpaired) electrons. The molecule has 0 aliphatic rings. The number of amides is 4. The molecule has 4 aromatic rings. The van der Waals surface area contributed by atoms with Crippen LogP contribution in [0.3, 0.4) is 0 Å². The Labute approximate surface area is 375 Å². The number of phenolic OH excluding ortho intramolecular Hbond substituents is 2. The zero-order valence-electron chi connectivity index (χ0n) is 37.2. The quantitative estimate of drug-likeness (QED) is 0.0350. The van der Waals surface area contributed by atoms with Gasteiger partial charge in [0.1, 0.15) is 23.6 Å². The number of carbonyl (C=O) groups excluding carboxylic acids is 5. The third-order valence-corrected chi connectivity index (χ3v) is 9.33. The number of benzene rings is 2. The third kappa shape index (κ3) is 17.1. The first-order chi connectivity index (χ1) is 30.9. The van der Waals surface area contributed by atoms with Crippen molar-refractivity contribution in [3.05, 3.63) is 93.6 Å². The maximum absolute atomic E-state index is 12.8. The van der Waals surface area contributed by atoms with Crippen LogP contribution in [0.15, 0.2) is 48.5 Å². The van der Waals surface area contributed by atoms with Crippen LogP contribution in [0.2, 0.25) is 0 Å². The van der Waals surface area contributed by atoms with Crippen molar-refractivity contribution < 1.29 is 58.3 Å². The van der Waals surface area contributed by atoms with Crippen molar-refractivity contribution in [1.82, 2.24) is 41.2 Å². The number of carbonyl (C=O) groups is 6. The molecule has 2 heterocycles. The number of hydrogen-bond donors (Lipinski definition) is 9. The first-order valence-corrected chi connectivity index (χ1v) is 20.3. The Balaban J connectivity index is 0.000000345. The van der Waals surface area contributed by atoms with E-state index < -0.39 is 48.0 Å². The summed E-state index contributed by atoms with van der Waals surface area (Å²) in [6, 6.07) is 11.7. The molecule has 22 nitrogen and oxygen atoms in total. The molecule has 2 atom stereocenters. The van der Waals surface area contributed by atoms with E-state index in [2.05, 4.69) is 66.0 Å². The van der Waals surface area contributed by atoms with Crippen LogP contribution >= 0.6 is 0 Å². The first kappa shape index (κ1) is 51.6. The molecule has 0 fully saturated rings. The summed E-state index contributed by atoms with van der Waals surface area (Å²) in [6.45, 7) is 7.23. The predicted octanol–water partition coefficient (Wildman–Crippen LogP) is 2.85. The van der Waals surface area contributed by atoms with Gasteiger partial charge >= 0.3 is 24.1 Å². The number of aryl methyl sites for hydroxylation is 6. The van der Waals surface area contributed by atoms with Gasteiger partial charge in [-0.15, -0.1) is 0 Å². The van der Waals surface area contributed by atoms with Crippen molar-refractivity contribution >= 4 is 47.8 Å². The van der Waals surface area contributed by atoms with Crippen LogP contribution in [0.1, 0.15) is 67.5 Å². The first-order valence-electron chi connectivity index (χ1n) is 20.3. The molecular formula is C43H56N10O12. The van der Waals surface area contributed by atoms with Crippen molar-refractivity contribution in [3.63, 3.8) is 0 Å². The third-order valence-electron chi connectivity index (χ3n) is 9.33. The maximum Gasteiger partial charge on any atom is 0.406 e. The molecule has 0 saturated heterocycles. The normalized spacial score (nSPS) is 11.3. The van der Waals surface area contributed by atoms with Gasteiger partial charge in [-0.05, 0) is 88.8 Å². The molecule has 350 valence electrons. The Kier molecular flexibility index (Phi) is 20.6. The fourth-order valence-corrected chi connectivity index (χ4v) is 6.17. The molecule has 22 heteroatoms. The molecule has 0 unspecified atom stereocenters. The van der Waals surface area contributed by atoms with E-state index in [1.54, 1.807) is 64.1 Å². The summed E-state index contributed by atoms with van der Waals surface area (Å²) in [5.41, 5.74) is 4.07. The summed E-state index contributed by atoms with van der Waals surface area (Å²) in [6.07, 6.45) is 1.56. The standard InChI is InChI=1S/C22H29N5O6.C21H27N5O6/c1-13-18(19(29)27-17(20(30)32-3)12-24-22(31)33-4)14(2)26-21(25-13)23-10-6-8-15-7-5-9-16(28)11-15;1-12-17(18(28)26-16(19(29)30)11-23-21(31)32-3)13(2)25-20(24-12)22-9-5-7-14-6-4-8-15(27)10-14/h5,7,9,11,17,28H,6,8,10,12H2,1-4H3,(H,24,31)(H,27,29)(H,23,25,26);4,6,8,10,16,27H,5,7,9,11H2,1-3H3,(H,23,31)(H,26,28)(H,29,30)(H,22,24,25)/t17-;16-/m00/s1. The van der Waals surface area contributed by atoms with Crippen molar-refractivity contribution in [2.75, 3.05) is 58.1 Å². The van der Waals surface area contributed by atoms with E-state index in [0.29, 0.717) is 47.8 Å². The highest BCUT2D eigenvalue weighted by atomic mass is 16.5. The number of hydrogen-bond acceptors (Lipinski definition) is 17. The summed E-state index contributed by atoms with van der Waals surface area (Å²) in [4.78, 5) is 88.6. The largest absolute Gasteiger partial charge is 0.508 e. The monoisotopic (exact) mass is 904 g/mol. The zero-order chi connectivity index (χ0) is 48.1. The van der Waals surface area contributed by atoms with Crippen LogP contribution in [0.4, 0.5) is 21.5 Å². The smallest absolute Gasteiger partial charge is 0.406 e. The molecule has 65 heavy (non-hydrogen) atoms. The number of alkyl carbamates (subject to hydrolysis) is 2. The average Bonchev–Trinajstić information content (AvgIpc) is 3.26. The number of nitrogens with one attached hydrogen (secondary N) is 6. The Bertz CT molecular complexity index is 2250. The Morgan fingerprint density at radius 3 is 1.32 bits per heavy atom. The molecule has 9 N–H and O–H groups in total. The topological polar surface area (TPSA) is 315 Å². The lowest BCUT2D eigenvalue weighted by molar-refractivity contribution is -0.142. The number of carboxylic acid groups (broad SMARTS) is 1. The number of nitrogens with zero attached hydrogens (tertiary/aromatic N) is 4. The SMILES string of the molecule is COC(=O)NC[C@H](NC(=O)c1c(C)nc(NCCCc2cccc(O)c2)nc1C)C(=O)O.COC(=O)NC[C@H](NC(=O)c1c(C)nc(NCCCc2cccc(O)c2)nc1C)C(=O)OC. The fourth-order valence-electron chi connectivity index (χ4n) is 6.17. The van der Waals surface area contributed by atoms with Gasteiger partial charge in [0.2, 0.25) is 11.9 Å². The molecule has 2 aromatic heterocycles. The predicted molar refractivity (Wildman–Crippen MR) is 236 cm³/mol. The Morgan fingerprint density at radius 2 is 0.969 bits per heavy atom. The number of methoxy groups -OCH3 is 3. The highest BCUT2D eigenvalue weighted by molar-refractivity contribution is 5.99. The van der Waals surface area contributed by atoms with Gasteiger partial charge in [-0.3, -0.25) is 9.59 Å². The van der Waals surface area contributed by atoms with Crippen molar-refractivity contribution in [2.24, 2.45) is 0 Å². The number of anilines is 2. The van der Waals surface area contributed by atoms with Gasteiger partial charge < -0.3 is 61.4 Å². The van der Waals surface area contributed by atoms with Crippen molar-refractivity contribution in [2.45, 2.75) is 65.5 Å². The summed E-state index contributed by atoms with van der Waals surface area (Å²) in [5.74, 6) is -2.05. The van der Waals surface area contributed by atoms with Crippen LogP contribution < -0.4 is 31.9 Å². The number of aliphatic carboxylic acids is 1. The number of ether oxygens (including phenoxy) is 3. The molecule has 0 bridgehead atoms. The van der Waals surface area contributed by atoms with Gasteiger partial charge in [0, 0.05) is 13.1 Å². The van der Waals surface area contributed by atoms with Crippen LogP contribution in [0.5, 0.6) is 11.5 Å². The minimum absolute atomic E-state index is 0.166. The lowest BCUT2D eigenvalue weighted by atomic mass is 10.1. The Hall–Kier alpha value is -7.78. The van der Waals surface area contributed by atoms with E-state index >= 15 is 0 Å². The van der Waals surface area contributed by atoms with Gasteiger partial charge in [0.15, 0.2) is 0 Å². The maximum atomic E-state index is 12.8. The number of rotatable bonds is 20. The molecule has 0 aliphatic heterocycles. The second-order valence-corrected chi connectivity index (χ2v) is 14.2.